The molecule has 124 valence electrons. The lowest BCUT2D eigenvalue weighted by molar-refractivity contribution is 0.101. The van der Waals surface area contributed by atoms with Crippen LogP contribution in [0.5, 0.6) is 5.75 Å². The SMILES string of the molecule is O=C(c1ccco1)c1coc2ccc(OCc3cccc(F)c3)cc12. The average Bonchev–Trinajstić information content (AvgIpc) is 3.29. The standard InChI is InChI=1S/C20H13FO4/c21-14-4-1-3-13(9-14)11-24-15-6-7-18-16(10-15)17(12-25-18)20(22)19-5-2-8-23-19/h1-10,12H,11H2. The molecule has 2 aromatic heterocycles. The molecule has 0 aliphatic carbocycles. The van der Waals surface area contributed by atoms with Gasteiger partial charge in [0.05, 0.1) is 11.8 Å². The van der Waals surface area contributed by atoms with Crippen LogP contribution in [-0.4, -0.2) is 5.78 Å². The van der Waals surface area contributed by atoms with E-state index in [-0.39, 0.29) is 24.0 Å². The summed E-state index contributed by atoms with van der Waals surface area (Å²) in [7, 11) is 0. The molecule has 0 atom stereocenters. The Morgan fingerprint density at radius 3 is 2.76 bits per heavy atom. The van der Waals surface area contributed by atoms with Gasteiger partial charge in [0, 0.05) is 5.39 Å². The summed E-state index contributed by atoms with van der Waals surface area (Å²) in [6.45, 7) is 0.225. The molecule has 0 bridgehead atoms. The van der Waals surface area contributed by atoms with Crippen LogP contribution in [-0.2, 0) is 6.61 Å². The van der Waals surface area contributed by atoms with E-state index >= 15 is 0 Å². The van der Waals surface area contributed by atoms with Crippen molar-refractivity contribution in [1.29, 1.82) is 0 Å². The number of hydrogen-bond donors (Lipinski definition) is 0. The second-order valence-electron chi connectivity index (χ2n) is 5.53. The zero-order chi connectivity index (χ0) is 17.2. The highest BCUT2D eigenvalue weighted by atomic mass is 19.1. The highest BCUT2D eigenvalue weighted by molar-refractivity contribution is 6.14. The first kappa shape index (κ1) is 15.2. The van der Waals surface area contributed by atoms with E-state index in [0.717, 1.165) is 5.56 Å². The van der Waals surface area contributed by atoms with Gasteiger partial charge in [-0.2, -0.15) is 0 Å². The quantitative estimate of drug-likeness (QED) is 0.483. The number of ether oxygens (including phenoxy) is 1. The van der Waals surface area contributed by atoms with Gasteiger partial charge in [-0.25, -0.2) is 4.39 Å². The zero-order valence-electron chi connectivity index (χ0n) is 13.1. The maximum atomic E-state index is 13.2. The molecule has 4 nitrogen and oxygen atoms in total. The van der Waals surface area contributed by atoms with Crippen LogP contribution < -0.4 is 4.74 Å². The third-order valence-corrected chi connectivity index (χ3v) is 3.83. The molecule has 0 saturated heterocycles. The molecule has 0 fully saturated rings. The van der Waals surface area contributed by atoms with E-state index in [1.54, 1.807) is 42.5 Å². The summed E-state index contributed by atoms with van der Waals surface area (Å²) < 4.78 is 29.5. The molecule has 5 heteroatoms. The predicted molar refractivity (Wildman–Crippen MR) is 89.1 cm³/mol. The first-order valence-corrected chi connectivity index (χ1v) is 7.67. The van der Waals surface area contributed by atoms with Crippen molar-refractivity contribution in [3.05, 3.63) is 89.8 Å². The smallest absolute Gasteiger partial charge is 0.232 e. The van der Waals surface area contributed by atoms with E-state index in [4.69, 9.17) is 13.6 Å². The lowest BCUT2D eigenvalue weighted by Crippen LogP contribution is -1.99. The Kier molecular flexibility index (Phi) is 3.82. The Balaban J connectivity index is 1.61. The molecule has 2 aromatic carbocycles. The highest BCUT2D eigenvalue weighted by Gasteiger charge is 2.18. The van der Waals surface area contributed by atoms with Crippen LogP contribution in [0.2, 0.25) is 0 Å². The number of furan rings is 2. The molecule has 2 heterocycles. The summed E-state index contributed by atoms with van der Waals surface area (Å²) in [6.07, 6.45) is 2.86. The van der Waals surface area contributed by atoms with E-state index in [1.165, 1.54) is 24.7 Å². The van der Waals surface area contributed by atoms with Crippen molar-refractivity contribution in [1.82, 2.24) is 0 Å². The van der Waals surface area contributed by atoms with E-state index in [0.29, 0.717) is 22.3 Å². The van der Waals surface area contributed by atoms with Crippen molar-refractivity contribution in [3.63, 3.8) is 0 Å². The number of rotatable bonds is 5. The van der Waals surface area contributed by atoms with Crippen LogP contribution in [0.1, 0.15) is 21.7 Å². The summed E-state index contributed by atoms with van der Waals surface area (Å²) >= 11 is 0. The van der Waals surface area contributed by atoms with Crippen molar-refractivity contribution in [3.8, 4) is 5.75 Å². The fraction of sp³-hybridized carbons (Fsp3) is 0.0500. The highest BCUT2D eigenvalue weighted by Crippen LogP contribution is 2.28. The maximum Gasteiger partial charge on any atom is 0.232 e. The number of carbonyl (C=O) groups is 1. The normalized spacial score (nSPS) is 10.9. The summed E-state index contributed by atoms with van der Waals surface area (Å²) in [6, 6.07) is 14.7. The molecule has 4 rings (SSSR count). The van der Waals surface area contributed by atoms with E-state index < -0.39 is 0 Å². The molecule has 25 heavy (non-hydrogen) atoms. The molecule has 0 radical (unpaired) electrons. The first-order chi connectivity index (χ1) is 12.2. The van der Waals surface area contributed by atoms with Gasteiger partial charge in [-0.1, -0.05) is 12.1 Å². The number of fused-ring (bicyclic) bond motifs is 1. The second kappa shape index (κ2) is 6.28. The second-order valence-corrected chi connectivity index (χ2v) is 5.53. The Morgan fingerprint density at radius 2 is 1.96 bits per heavy atom. The number of halogens is 1. The molecule has 0 saturated carbocycles. The first-order valence-electron chi connectivity index (χ1n) is 7.67. The molecule has 0 aliphatic heterocycles. The molecule has 0 unspecified atom stereocenters. The number of carbonyl (C=O) groups excluding carboxylic acids is 1. The van der Waals surface area contributed by atoms with E-state index in [2.05, 4.69) is 0 Å². The fourth-order valence-corrected chi connectivity index (χ4v) is 2.61. The average molecular weight is 336 g/mol. The molecular formula is C20H13FO4. The molecule has 0 N–H and O–H groups in total. The summed E-state index contributed by atoms with van der Waals surface area (Å²) in [5, 5.41) is 0.637. The molecule has 4 aromatic rings. The third kappa shape index (κ3) is 3.04. The van der Waals surface area contributed by atoms with Gasteiger partial charge >= 0.3 is 0 Å². The van der Waals surface area contributed by atoms with Gasteiger partial charge in [0.15, 0.2) is 5.76 Å². The van der Waals surface area contributed by atoms with E-state index in [1.807, 2.05) is 0 Å². The van der Waals surface area contributed by atoms with Gasteiger partial charge in [-0.3, -0.25) is 4.79 Å². The predicted octanol–water partition coefficient (Wildman–Crippen LogP) is 4.97. The fourth-order valence-electron chi connectivity index (χ4n) is 2.61. The van der Waals surface area contributed by atoms with Crippen molar-refractivity contribution < 1.29 is 22.8 Å². The van der Waals surface area contributed by atoms with Gasteiger partial charge in [0.1, 0.15) is 30.0 Å². The number of ketones is 1. The summed E-state index contributed by atoms with van der Waals surface area (Å²) in [5.41, 5.74) is 1.70. The minimum absolute atomic E-state index is 0.225. The van der Waals surface area contributed by atoms with Crippen LogP contribution in [0, 0.1) is 5.82 Å². The van der Waals surface area contributed by atoms with Gasteiger partial charge in [0.2, 0.25) is 5.78 Å². The minimum Gasteiger partial charge on any atom is -0.489 e. The van der Waals surface area contributed by atoms with Crippen LogP contribution in [0.3, 0.4) is 0 Å². The topological polar surface area (TPSA) is 52.6 Å². The molecule has 0 amide bonds. The van der Waals surface area contributed by atoms with Gasteiger partial charge in [0.25, 0.3) is 0 Å². The minimum atomic E-state index is -0.308. The van der Waals surface area contributed by atoms with E-state index in [9.17, 15) is 9.18 Å². The largest absolute Gasteiger partial charge is 0.489 e. The van der Waals surface area contributed by atoms with Gasteiger partial charge in [-0.15, -0.1) is 0 Å². The number of hydrogen-bond acceptors (Lipinski definition) is 4. The van der Waals surface area contributed by atoms with Gasteiger partial charge < -0.3 is 13.6 Å². The Labute approximate surface area is 142 Å². The Bertz CT molecular complexity index is 1030. The van der Waals surface area contributed by atoms with Crippen LogP contribution in [0.25, 0.3) is 11.0 Å². The van der Waals surface area contributed by atoms with Crippen LogP contribution in [0.15, 0.2) is 76.0 Å². The van der Waals surface area contributed by atoms with Crippen molar-refractivity contribution >= 4 is 16.8 Å². The third-order valence-electron chi connectivity index (χ3n) is 3.83. The molecule has 0 aliphatic rings. The number of benzene rings is 2. The van der Waals surface area contributed by atoms with Crippen molar-refractivity contribution in [2.75, 3.05) is 0 Å². The maximum absolute atomic E-state index is 13.2. The van der Waals surface area contributed by atoms with Crippen molar-refractivity contribution in [2.24, 2.45) is 0 Å². The Morgan fingerprint density at radius 1 is 1.04 bits per heavy atom. The lowest BCUT2D eigenvalue weighted by atomic mass is 10.1. The van der Waals surface area contributed by atoms with Gasteiger partial charge in [-0.05, 0) is 48.0 Å². The summed E-state index contributed by atoms with van der Waals surface area (Å²) in [5.74, 6) is 0.240. The van der Waals surface area contributed by atoms with Crippen LogP contribution in [0.4, 0.5) is 4.39 Å². The zero-order valence-corrected chi connectivity index (χ0v) is 13.1. The monoisotopic (exact) mass is 336 g/mol. The van der Waals surface area contributed by atoms with Crippen LogP contribution >= 0.6 is 0 Å². The summed E-state index contributed by atoms with van der Waals surface area (Å²) in [4.78, 5) is 12.5. The lowest BCUT2D eigenvalue weighted by Gasteiger charge is -2.06. The Hall–Kier alpha value is -3.34. The molecular weight excluding hydrogens is 323 g/mol. The van der Waals surface area contributed by atoms with Crippen molar-refractivity contribution in [2.45, 2.75) is 6.61 Å². The molecule has 0 spiro atoms.